The van der Waals surface area contributed by atoms with Crippen LogP contribution in [0.4, 0.5) is 5.82 Å². The van der Waals surface area contributed by atoms with Crippen LogP contribution < -0.4 is 10.1 Å². The maximum absolute atomic E-state index is 12.2. The lowest BCUT2D eigenvalue weighted by Gasteiger charge is -2.14. The standard InChI is InChI=1S/C17H21N3O2/c1-22-15-8-6-13(7-9-15)12-17(21)19-16-10-11-18-20(16)14-4-2-3-5-14/h6-11,14H,2-5,12H2,1H3,(H,19,21). The Bertz CT molecular complexity index is 628. The molecule has 1 heterocycles. The summed E-state index contributed by atoms with van der Waals surface area (Å²) in [5, 5.41) is 7.34. The fraction of sp³-hybridized carbons (Fsp3) is 0.412. The van der Waals surface area contributed by atoms with Crippen LogP contribution in [0.25, 0.3) is 0 Å². The van der Waals surface area contributed by atoms with E-state index in [2.05, 4.69) is 10.4 Å². The van der Waals surface area contributed by atoms with Gasteiger partial charge in [-0.05, 0) is 30.5 Å². The number of nitrogens with one attached hydrogen (secondary N) is 1. The third-order valence-electron chi connectivity index (χ3n) is 4.13. The van der Waals surface area contributed by atoms with Crippen LogP contribution in [0.2, 0.25) is 0 Å². The third kappa shape index (κ3) is 3.30. The number of rotatable bonds is 5. The summed E-state index contributed by atoms with van der Waals surface area (Å²) in [7, 11) is 1.63. The summed E-state index contributed by atoms with van der Waals surface area (Å²) >= 11 is 0. The van der Waals surface area contributed by atoms with E-state index >= 15 is 0 Å². The van der Waals surface area contributed by atoms with Crippen molar-refractivity contribution in [2.45, 2.75) is 38.1 Å². The van der Waals surface area contributed by atoms with Crippen molar-refractivity contribution in [3.05, 3.63) is 42.1 Å². The molecule has 3 rings (SSSR count). The summed E-state index contributed by atoms with van der Waals surface area (Å²) in [5.74, 6) is 1.57. The average molecular weight is 299 g/mol. The zero-order chi connectivity index (χ0) is 15.4. The minimum Gasteiger partial charge on any atom is -0.497 e. The monoisotopic (exact) mass is 299 g/mol. The molecule has 1 aromatic carbocycles. The van der Waals surface area contributed by atoms with Crippen molar-refractivity contribution in [1.29, 1.82) is 0 Å². The van der Waals surface area contributed by atoms with Gasteiger partial charge in [0.2, 0.25) is 5.91 Å². The Hall–Kier alpha value is -2.30. The molecule has 116 valence electrons. The molecule has 0 aliphatic heterocycles. The number of aromatic nitrogens is 2. The Morgan fingerprint density at radius 2 is 2.00 bits per heavy atom. The van der Waals surface area contributed by atoms with Gasteiger partial charge in [0, 0.05) is 6.07 Å². The fourth-order valence-electron chi connectivity index (χ4n) is 2.97. The smallest absolute Gasteiger partial charge is 0.229 e. The highest BCUT2D eigenvalue weighted by molar-refractivity contribution is 5.91. The lowest BCUT2D eigenvalue weighted by atomic mass is 10.1. The molecule has 1 amide bonds. The summed E-state index contributed by atoms with van der Waals surface area (Å²) in [5.41, 5.74) is 0.963. The Morgan fingerprint density at radius 3 is 2.68 bits per heavy atom. The van der Waals surface area contributed by atoms with E-state index in [9.17, 15) is 4.79 Å². The SMILES string of the molecule is COc1ccc(CC(=O)Nc2ccnn2C2CCCC2)cc1. The van der Waals surface area contributed by atoms with Gasteiger partial charge in [-0.1, -0.05) is 25.0 Å². The van der Waals surface area contributed by atoms with Gasteiger partial charge in [0.05, 0.1) is 25.8 Å². The van der Waals surface area contributed by atoms with Gasteiger partial charge in [0.15, 0.2) is 0 Å². The van der Waals surface area contributed by atoms with Gasteiger partial charge >= 0.3 is 0 Å². The van der Waals surface area contributed by atoms with E-state index in [4.69, 9.17) is 4.74 Å². The lowest BCUT2D eigenvalue weighted by Crippen LogP contribution is -2.19. The van der Waals surface area contributed by atoms with Crippen LogP contribution in [0.3, 0.4) is 0 Å². The summed E-state index contributed by atoms with van der Waals surface area (Å²) in [6, 6.07) is 9.84. The Morgan fingerprint density at radius 1 is 1.27 bits per heavy atom. The van der Waals surface area contributed by atoms with Crippen molar-refractivity contribution < 1.29 is 9.53 Å². The van der Waals surface area contributed by atoms with Crippen molar-refractivity contribution in [2.75, 3.05) is 12.4 Å². The van der Waals surface area contributed by atoms with E-state index < -0.39 is 0 Å². The van der Waals surface area contributed by atoms with Crippen LogP contribution in [0.1, 0.15) is 37.3 Å². The highest BCUT2D eigenvalue weighted by Gasteiger charge is 2.20. The molecule has 1 aliphatic rings. The fourth-order valence-corrected chi connectivity index (χ4v) is 2.97. The molecule has 1 N–H and O–H groups in total. The normalized spacial score (nSPS) is 15.0. The molecule has 5 nitrogen and oxygen atoms in total. The summed E-state index contributed by atoms with van der Waals surface area (Å²) in [4.78, 5) is 12.2. The number of carbonyl (C=O) groups excluding carboxylic acids is 1. The summed E-state index contributed by atoms with van der Waals surface area (Å²) in [6.45, 7) is 0. The van der Waals surface area contributed by atoms with Gasteiger partial charge in [-0.25, -0.2) is 4.68 Å². The third-order valence-corrected chi connectivity index (χ3v) is 4.13. The first-order valence-electron chi connectivity index (χ1n) is 7.72. The second-order valence-electron chi connectivity index (χ2n) is 5.67. The number of carbonyl (C=O) groups is 1. The minimum absolute atomic E-state index is 0.0232. The second-order valence-corrected chi connectivity index (χ2v) is 5.67. The summed E-state index contributed by atoms with van der Waals surface area (Å²) in [6.07, 6.45) is 6.86. The number of benzene rings is 1. The molecule has 1 aromatic heterocycles. The molecule has 0 atom stereocenters. The first-order chi connectivity index (χ1) is 10.8. The van der Waals surface area contributed by atoms with Crippen molar-refractivity contribution >= 4 is 11.7 Å². The highest BCUT2D eigenvalue weighted by atomic mass is 16.5. The number of methoxy groups -OCH3 is 1. The molecule has 0 radical (unpaired) electrons. The summed E-state index contributed by atoms with van der Waals surface area (Å²) < 4.78 is 7.08. The predicted octanol–water partition coefficient (Wildman–Crippen LogP) is 3.19. The largest absolute Gasteiger partial charge is 0.497 e. The van der Waals surface area contributed by atoms with Crippen LogP contribution in [0.15, 0.2) is 36.5 Å². The maximum atomic E-state index is 12.2. The average Bonchev–Trinajstić information content (AvgIpc) is 3.18. The molecule has 5 heteroatoms. The lowest BCUT2D eigenvalue weighted by molar-refractivity contribution is -0.115. The predicted molar refractivity (Wildman–Crippen MR) is 85.1 cm³/mol. The highest BCUT2D eigenvalue weighted by Crippen LogP contribution is 2.31. The molecular weight excluding hydrogens is 278 g/mol. The molecular formula is C17H21N3O2. The zero-order valence-corrected chi connectivity index (χ0v) is 12.8. The minimum atomic E-state index is -0.0232. The van der Waals surface area contributed by atoms with Gasteiger partial charge in [0.1, 0.15) is 11.6 Å². The molecule has 2 aromatic rings. The molecule has 1 aliphatic carbocycles. The van der Waals surface area contributed by atoms with Crippen LogP contribution in [-0.4, -0.2) is 22.8 Å². The van der Waals surface area contributed by atoms with Gasteiger partial charge in [-0.2, -0.15) is 5.10 Å². The van der Waals surface area contributed by atoms with E-state index in [-0.39, 0.29) is 5.91 Å². The van der Waals surface area contributed by atoms with Crippen molar-refractivity contribution in [2.24, 2.45) is 0 Å². The van der Waals surface area contributed by atoms with E-state index in [1.54, 1.807) is 13.3 Å². The van der Waals surface area contributed by atoms with Crippen LogP contribution in [0.5, 0.6) is 5.75 Å². The molecule has 0 saturated heterocycles. The topological polar surface area (TPSA) is 56.1 Å². The van der Waals surface area contributed by atoms with Crippen molar-refractivity contribution in [1.82, 2.24) is 9.78 Å². The van der Waals surface area contributed by atoms with E-state index in [1.165, 1.54) is 12.8 Å². The quantitative estimate of drug-likeness (QED) is 0.922. The van der Waals surface area contributed by atoms with E-state index in [0.717, 1.165) is 30.0 Å². The number of amides is 1. The molecule has 0 spiro atoms. The van der Waals surface area contributed by atoms with Gasteiger partial charge < -0.3 is 10.1 Å². The maximum Gasteiger partial charge on any atom is 0.229 e. The first kappa shape index (κ1) is 14.6. The van der Waals surface area contributed by atoms with Crippen LogP contribution >= 0.6 is 0 Å². The number of hydrogen-bond donors (Lipinski definition) is 1. The number of ether oxygens (including phenoxy) is 1. The van der Waals surface area contributed by atoms with Crippen LogP contribution in [0, 0.1) is 0 Å². The Labute approximate surface area is 130 Å². The van der Waals surface area contributed by atoms with Gasteiger partial charge in [0.25, 0.3) is 0 Å². The number of nitrogens with zero attached hydrogens (tertiary/aromatic N) is 2. The zero-order valence-electron chi connectivity index (χ0n) is 12.8. The number of anilines is 1. The Kier molecular flexibility index (Phi) is 4.42. The molecule has 0 bridgehead atoms. The molecule has 22 heavy (non-hydrogen) atoms. The van der Waals surface area contributed by atoms with E-state index in [0.29, 0.717) is 12.5 Å². The first-order valence-corrected chi connectivity index (χ1v) is 7.72. The van der Waals surface area contributed by atoms with Crippen LogP contribution in [-0.2, 0) is 11.2 Å². The molecule has 1 fully saturated rings. The molecule has 0 unspecified atom stereocenters. The number of hydrogen-bond acceptors (Lipinski definition) is 3. The van der Waals surface area contributed by atoms with Gasteiger partial charge in [-0.15, -0.1) is 0 Å². The van der Waals surface area contributed by atoms with Crippen molar-refractivity contribution in [3.63, 3.8) is 0 Å². The van der Waals surface area contributed by atoms with Gasteiger partial charge in [-0.3, -0.25) is 4.79 Å². The second kappa shape index (κ2) is 6.64. The molecule has 1 saturated carbocycles. The van der Waals surface area contributed by atoms with Crippen molar-refractivity contribution in [3.8, 4) is 5.75 Å². The Balaban J connectivity index is 1.63. The van der Waals surface area contributed by atoms with E-state index in [1.807, 2.05) is 35.0 Å².